The minimum atomic E-state index is -2.58. The molecule has 1 saturated carbocycles. The van der Waals surface area contributed by atoms with Gasteiger partial charge in [0, 0.05) is 31.6 Å². The summed E-state index contributed by atoms with van der Waals surface area (Å²) in [5.41, 5.74) is -0.244. The molecule has 2 aromatic rings. The molecule has 1 amide bonds. The molecule has 0 radical (unpaired) electrons. The summed E-state index contributed by atoms with van der Waals surface area (Å²) in [4.78, 5) is 16.4. The highest BCUT2D eigenvalue weighted by atomic mass is 19.3. The molecule has 2 fully saturated rings. The largest absolute Gasteiger partial charge is 0.419 e. The summed E-state index contributed by atoms with van der Waals surface area (Å²) in [6.07, 6.45) is 2.68. The third-order valence-electron chi connectivity index (χ3n) is 5.40. The summed E-state index contributed by atoms with van der Waals surface area (Å²) in [6, 6.07) is 3.43. The van der Waals surface area contributed by atoms with Crippen LogP contribution in [0.2, 0.25) is 0 Å². The number of nitrogens with one attached hydrogen (secondary N) is 2. The molecule has 1 aliphatic carbocycles. The van der Waals surface area contributed by atoms with Crippen LogP contribution in [0.25, 0.3) is 11.5 Å². The first kappa shape index (κ1) is 17.8. The van der Waals surface area contributed by atoms with Crippen LogP contribution in [-0.2, 0) is 10.2 Å². The Balaban J connectivity index is 1.56. The lowest BCUT2D eigenvalue weighted by atomic mass is 9.89. The maximum absolute atomic E-state index is 13.4. The highest BCUT2D eigenvalue weighted by molar-refractivity contribution is 5.88. The second-order valence-electron chi connectivity index (χ2n) is 7.42. The van der Waals surface area contributed by atoms with Crippen molar-refractivity contribution in [2.24, 2.45) is 0 Å². The lowest BCUT2D eigenvalue weighted by molar-refractivity contribution is -0.124. The van der Waals surface area contributed by atoms with Crippen LogP contribution in [0.5, 0.6) is 0 Å². The van der Waals surface area contributed by atoms with Crippen LogP contribution in [0.15, 0.2) is 22.7 Å². The van der Waals surface area contributed by atoms with Crippen molar-refractivity contribution in [3.8, 4) is 11.5 Å². The number of anilines is 1. The average Bonchev–Trinajstić information content (AvgIpc) is 3.26. The van der Waals surface area contributed by atoms with E-state index in [0.717, 1.165) is 0 Å². The Hall–Kier alpha value is -2.58. The maximum Gasteiger partial charge on any atom is 0.251 e. The van der Waals surface area contributed by atoms with Gasteiger partial charge in [-0.25, -0.2) is 13.8 Å². The molecule has 27 heavy (non-hydrogen) atoms. The van der Waals surface area contributed by atoms with Gasteiger partial charge in [-0.05, 0) is 38.3 Å². The Morgan fingerprint density at radius 3 is 2.74 bits per heavy atom. The van der Waals surface area contributed by atoms with E-state index in [2.05, 4.69) is 25.8 Å². The molecular formula is C18H21F2N5O2. The number of pyridine rings is 1. The van der Waals surface area contributed by atoms with Crippen molar-refractivity contribution in [1.29, 1.82) is 0 Å². The van der Waals surface area contributed by atoms with Crippen LogP contribution in [0.1, 0.15) is 44.9 Å². The first-order valence-corrected chi connectivity index (χ1v) is 9.09. The lowest BCUT2D eigenvalue weighted by Crippen LogP contribution is -2.32. The second kappa shape index (κ2) is 6.54. The summed E-state index contributed by atoms with van der Waals surface area (Å²) in [5.74, 6) is -1.68. The first-order valence-electron chi connectivity index (χ1n) is 9.09. The molecule has 0 aromatic carbocycles. The number of carbonyl (C=O) groups excluding carboxylic acids is 1. The molecule has 3 heterocycles. The van der Waals surface area contributed by atoms with Gasteiger partial charge in [-0.2, -0.15) is 0 Å². The third-order valence-corrected chi connectivity index (χ3v) is 5.40. The van der Waals surface area contributed by atoms with Gasteiger partial charge in [0.1, 0.15) is 11.2 Å². The molecular weight excluding hydrogens is 356 g/mol. The highest BCUT2D eigenvalue weighted by Crippen LogP contribution is 2.36. The van der Waals surface area contributed by atoms with E-state index in [9.17, 15) is 13.6 Å². The van der Waals surface area contributed by atoms with Gasteiger partial charge < -0.3 is 15.1 Å². The van der Waals surface area contributed by atoms with E-state index in [-0.39, 0.29) is 36.6 Å². The Morgan fingerprint density at radius 2 is 2.04 bits per heavy atom. The number of carbonyl (C=O) groups is 1. The zero-order chi connectivity index (χ0) is 19.1. The number of hydrogen-bond acceptors (Lipinski definition) is 6. The van der Waals surface area contributed by atoms with Gasteiger partial charge >= 0.3 is 0 Å². The molecule has 2 aromatic heterocycles. The summed E-state index contributed by atoms with van der Waals surface area (Å²) in [7, 11) is 0. The number of hydrogen-bond donors (Lipinski definition) is 2. The van der Waals surface area contributed by atoms with E-state index in [0.29, 0.717) is 37.2 Å². The molecule has 7 nitrogen and oxygen atoms in total. The number of nitrogens with zero attached hydrogens (tertiary/aromatic N) is 3. The van der Waals surface area contributed by atoms with Gasteiger partial charge in [0.2, 0.25) is 17.7 Å². The molecule has 144 valence electrons. The van der Waals surface area contributed by atoms with Crippen LogP contribution in [0, 0.1) is 0 Å². The SMILES string of the molecule is CC1(c2nnc(-c3cccnc3NC3CCC(F)(F)CC3)o2)CCNC1=O. The number of rotatable bonds is 4. The van der Waals surface area contributed by atoms with Crippen molar-refractivity contribution in [1.82, 2.24) is 20.5 Å². The third kappa shape index (κ3) is 3.38. The number of aromatic nitrogens is 3. The lowest BCUT2D eigenvalue weighted by Gasteiger charge is -2.29. The molecule has 4 rings (SSSR count). The summed E-state index contributed by atoms with van der Waals surface area (Å²) >= 11 is 0. The molecule has 0 spiro atoms. The smallest absolute Gasteiger partial charge is 0.251 e. The average molecular weight is 377 g/mol. The Bertz CT molecular complexity index is 846. The Morgan fingerprint density at radius 1 is 1.26 bits per heavy atom. The molecule has 1 saturated heterocycles. The topological polar surface area (TPSA) is 92.9 Å². The molecule has 9 heteroatoms. The van der Waals surface area contributed by atoms with Gasteiger partial charge in [-0.1, -0.05) is 0 Å². The van der Waals surface area contributed by atoms with E-state index in [1.807, 2.05) is 0 Å². The summed E-state index contributed by atoms with van der Waals surface area (Å²) < 4.78 is 32.5. The second-order valence-corrected chi connectivity index (χ2v) is 7.42. The van der Waals surface area contributed by atoms with Gasteiger partial charge in [-0.15, -0.1) is 10.2 Å². The van der Waals surface area contributed by atoms with E-state index in [1.165, 1.54) is 0 Å². The van der Waals surface area contributed by atoms with Gasteiger partial charge in [0.25, 0.3) is 5.89 Å². The monoisotopic (exact) mass is 377 g/mol. The van der Waals surface area contributed by atoms with Crippen molar-refractivity contribution in [3.05, 3.63) is 24.2 Å². The first-order chi connectivity index (χ1) is 12.9. The minimum Gasteiger partial charge on any atom is -0.419 e. The number of alkyl halides is 2. The summed E-state index contributed by atoms with van der Waals surface area (Å²) in [5, 5.41) is 14.2. The zero-order valence-corrected chi connectivity index (χ0v) is 15.0. The predicted molar refractivity (Wildman–Crippen MR) is 93.3 cm³/mol. The van der Waals surface area contributed by atoms with Crippen LogP contribution in [0.3, 0.4) is 0 Å². The predicted octanol–water partition coefficient (Wildman–Crippen LogP) is 2.90. The minimum absolute atomic E-state index is 0.0844. The molecule has 0 bridgehead atoms. The fourth-order valence-electron chi connectivity index (χ4n) is 3.56. The maximum atomic E-state index is 13.4. The Kier molecular flexibility index (Phi) is 4.32. The molecule has 2 aliphatic rings. The van der Waals surface area contributed by atoms with Crippen LogP contribution >= 0.6 is 0 Å². The van der Waals surface area contributed by atoms with Crippen molar-refractivity contribution in [3.63, 3.8) is 0 Å². The fraction of sp³-hybridized carbons (Fsp3) is 0.556. The number of halogens is 2. The van der Waals surface area contributed by atoms with Crippen LogP contribution in [-0.4, -0.2) is 39.6 Å². The van der Waals surface area contributed by atoms with Crippen molar-refractivity contribution >= 4 is 11.7 Å². The number of amides is 1. The van der Waals surface area contributed by atoms with Crippen molar-refractivity contribution in [2.75, 3.05) is 11.9 Å². The molecule has 1 aliphatic heterocycles. The van der Waals surface area contributed by atoms with Crippen molar-refractivity contribution < 1.29 is 18.0 Å². The van der Waals surface area contributed by atoms with Crippen molar-refractivity contribution in [2.45, 2.75) is 56.4 Å². The Labute approximate surface area is 155 Å². The van der Waals surface area contributed by atoms with Crippen LogP contribution < -0.4 is 10.6 Å². The standard InChI is InChI=1S/C18H21F2N5O2/c1-17(8-10-22-15(17)26)16-25-24-14(27-16)12-3-2-9-21-13(12)23-11-4-6-18(19,20)7-5-11/h2-3,9,11H,4-8,10H2,1H3,(H,21,23)(H,22,26). The molecule has 1 unspecified atom stereocenters. The quantitative estimate of drug-likeness (QED) is 0.851. The fourth-order valence-corrected chi connectivity index (χ4v) is 3.56. The zero-order valence-electron chi connectivity index (χ0n) is 15.0. The van der Waals surface area contributed by atoms with Gasteiger partial charge in [0.05, 0.1) is 5.56 Å². The molecule has 1 atom stereocenters. The van der Waals surface area contributed by atoms with E-state index >= 15 is 0 Å². The molecule has 2 N–H and O–H groups in total. The van der Waals surface area contributed by atoms with Crippen LogP contribution in [0.4, 0.5) is 14.6 Å². The van der Waals surface area contributed by atoms with Gasteiger partial charge in [-0.3, -0.25) is 4.79 Å². The normalized spacial score (nSPS) is 25.4. The van der Waals surface area contributed by atoms with E-state index in [1.54, 1.807) is 25.3 Å². The van der Waals surface area contributed by atoms with E-state index in [4.69, 9.17) is 4.42 Å². The van der Waals surface area contributed by atoms with Gasteiger partial charge in [0.15, 0.2) is 0 Å². The highest BCUT2D eigenvalue weighted by Gasteiger charge is 2.44. The summed E-state index contributed by atoms with van der Waals surface area (Å²) in [6.45, 7) is 2.34. The van der Waals surface area contributed by atoms with E-state index < -0.39 is 11.3 Å².